The summed E-state index contributed by atoms with van der Waals surface area (Å²) in [6, 6.07) is 13.9. The van der Waals surface area contributed by atoms with Gasteiger partial charge in [0.2, 0.25) is 11.1 Å². The highest BCUT2D eigenvalue weighted by Gasteiger charge is 2.35. The fraction of sp³-hybridized carbons (Fsp3) is 0.292. The smallest absolute Gasteiger partial charge is 0.338 e. The number of nitrogens with zero attached hydrogens (tertiary/aromatic N) is 3. The van der Waals surface area contributed by atoms with Gasteiger partial charge >= 0.3 is 5.97 Å². The van der Waals surface area contributed by atoms with Crippen LogP contribution in [0.4, 0.5) is 5.95 Å². The third kappa shape index (κ3) is 4.61. The Morgan fingerprint density at radius 2 is 2.03 bits per heavy atom. The maximum absolute atomic E-state index is 12.9. The Bertz CT molecular complexity index is 1200. The van der Waals surface area contributed by atoms with Crippen molar-refractivity contribution < 1.29 is 9.53 Å². The zero-order valence-electron chi connectivity index (χ0n) is 18.5. The number of ether oxygens (including phenoxy) is 1. The van der Waals surface area contributed by atoms with Gasteiger partial charge in [-0.2, -0.15) is 4.98 Å². The molecule has 4 rings (SSSR count). The number of thioether (sulfide) groups is 1. The van der Waals surface area contributed by atoms with E-state index in [1.807, 2.05) is 31.2 Å². The van der Waals surface area contributed by atoms with Crippen LogP contribution in [0, 0.1) is 13.8 Å². The standard InChI is InChI=1S/C24H25BrN4O2S/c1-5-31-22(30)20-16(4)26-23-27-24(32-13-18-10-9-14(2)11-15(18)3)28-29(23)21(20)17-7-6-8-19(25)12-17/h6-12,21H,5,13H2,1-4H3,(H,26,27,28)/t21-/m1/s1. The molecule has 6 nitrogen and oxygen atoms in total. The zero-order chi connectivity index (χ0) is 22.8. The second-order valence-corrected chi connectivity index (χ2v) is 9.58. The third-order valence-corrected chi connectivity index (χ3v) is 6.73. The fourth-order valence-electron chi connectivity index (χ4n) is 3.80. The lowest BCUT2D eigenvalue weighted by atomic mass is 9.96. The van der Waals surface area contributed by atoms with Gasteiger partial charge in [-0.05, 0) is 56.5 Å². The van der Waals surface area contributed by atoms with Gasteiger partial charge in [-0.25, -0.2) is 9.48 Å². The van der Waals surface area contributed by atoms with E-state index in [2.05, 4.69) is 53.3 Å². The molecule has 0 fully saturated rings. The number of hydrogen-bond donors (Lipinski definition) is 1. The highest BCUT2D eigenvalue weighted by atomic mass is 79.9. The number of carbonyl (C=O) groups is 1. The van der Waals surface area contributed by atoms with Crippen molar-refractivity contribution in [2.45, 2.75) is 44.6 Å². The lowest BCUT2D eigenvalue weighted by Crippen LogP contribution is -2.29. The Balaban J connectivity index is 1.69. The molecular weight excluding hydrogens is 488 g/mol. The molecule has 0 saturated carbocycles. The van der Waals surface area contributed by atoms with Crippen LogP contribution in [0.3, 0.4) is 0 Å². The fourth-order valence-corrected chi connectivity index (χ4v) is 5.12. The number of aryl methyl sites for hydroxylation is 2. The molecule has 2 aromatic carbocycles. The second kappa shape index (κ2) is 9.50. The number of esters is 1. The largest absolute Gasteiger partial charge is 0.463 e. The Kier molecular flexibility index (Phi) is 6.71. The summed E-state index contributed by atoms with van der Waals surface area (Å²) in [6.07, 6.45) is 0. The predicted octanol–water partition coefficient (Wildman–Crippen LogP) is 5.80. The molecule has 0 amide bonds. The average molecular weight is 513 g/mol. The number of aromatic nitrogens is 3. The number of fused-ring (bicyclic) bond motifs is 1. The molecule has 0 spiro atoms. The summed E-state index contributed by atoms with van der Waals surface area (Å²) in [7, 11) is 0. The van der Waals surface area contributed by atoms with Crippen LogP contribution in [-0.4, -0.2) is 27.3 Å². The van der Waals surface area contributed by atoms with Crippen molar-refractivity contribution in [1.29, 1.82) is 0 Å². The van der Waals surface area contributed by atoms with E-state index in [-0.39, 0.29) is 5.97 Å². The van der Waals surface area contributed by atoms with E-state index in [4.69, 9.17) is 14.8 Å². The van der Waals surface area contributed by atoms with Gasteiger partial charge in [0.05, 0.1) is 12.2 Å². The molecule has 1 aliphatic rings. The maximum Gasteiger partial charge on any atom is 0.338 e. The molecule has 1 aromatic heterocycles. The quantitative estimate of drug-likeness (QED) is 0.332. The Labute approximate surface area is 200 Å². The van der Waals surface area contributed by atoms with Gasteiger partial charge in [0, 0.05) is 15.9 Å². The lowest BCUT2D eigenvalue weighted by molar-refractivity contribution is -0.139. The minimum atomic E-state index is -0.425. The van der Waals surface area contributed by atoms with E-state index >= 15 is 0 Å². The number of allylic oxidation sites excluding steroid dienone is 1. The summed E-state index contributed by atoms with van der Waals surface area (Å²) in [4.78, 5) is 17.6. The molecule has 166 valence electrons. The number of nitrogens with one attached hydrogen (secondary N) is 1. The molecule has 0 aliphatic carbocycles. The predicted molar refractivity (Wildman–Crippen MR) is 131 cm³/mol. The third-order valence-electron chi connectivity index (χ3n) is 5.35. The Morgan fingerprint density at radius 1 is 1.22 bits per heavy atom. The van der Waals surface area contributed by atoms with E-state index in [9.17, 15) is 4.79 Å². The van der Waals surface area contributed by atoms with Gasteiger partial charge in [-0.3, -0.25) is 0 Å². The molecule has 8 heteroatoms. The first-order valence-electron chi connectivity index (χ1n) is 10.4. The van der Waals surface area contributed by atoms with Crippen LogP contribution >= 0.6 is 27.7 Å². The highest BCUT2D eigenvalue weighted by Crippen LogP contribution is 2.37. The van der Waals surface area contributed by atoms with Crippen LogP contribution in [0.25, 0.3) is 0 Å². The number of benzene rings is 2. The number of rotatable bonds is 6. The van der Waals surface area contributed by atoms with Gasteiger partial charge in [0.1, 0.15) is 6.04 Å². The minimum absolute atomic E-state index is 0.308. The van der Waals surface area contributed by atoms with Gasteiger partial charge in [0.15, 0.2) is 0 Å². The summed E-state index contributed by atoms with van der Waals surface area (Å²) in [5, 5.41) is 8.68. The van der Waals surface area contributed by atoms with Gasteiger partial charge in [-0.15, -0.1) is 5.10 Å². The van der Waals surface area contributed by atoms with Crippen LogP contribution < -0.4 is 5.32 Å². The highest BCUT2D eigenvalue weighted by molar-refractivity contribution is 9.10. The van der Waals surface area contributed by atoms with Crippen molar-refractivity contribution in [1.82, 2.24) is 14.8 Å². The van der Waals surface area contributed by atoms with Gasteiger partial charge in [0.25, 0.3) is 0 Å². The minimum Gasteiger partial charge on any atom is -0.463 e. The number of anilines is 1. The van der Waals surface area contributed by atoms with Crippen molar-refractivity contribution in [3.63, 3.8) is 0 Å². The topological polar surface area (TPSA) is 69.0 Å². The number of halogens is 1. The molecule has 32 heavy (non-hydrogen) atoms. The second-order valence-electron chi connectivity index (χ2n) is 7.72. The van der Waals surface area contributed by atoms with E-state index in [1.54, 1.807) is 23.4 Å². The average Bonchev–Trinajstić information content (AvgIpc) is 3.14. The van der Waals surface area contributed by atoms with Gasteiger partial charge < -0.3 is 10.1 Å². The SMILES string of the molecule is CCOC(=O)C1=C(C)Nc2nc(SCc3ccc(C)cc3C)nn2[C@@H]1c1cccc(Br)c1. The lowest BCUT2D eigenvalue weighted by Gasteiger charge is -2.28. The van der Waals surface area contributed by atoms with Crippen LogP contribution in [0.15, 0.2) is 63.4 Å². The first kappa shape index (κ1) is 22.6. The van der Waals surface area contributed by atoms with Crippen molar-refractivity contribution >= 4 is 39.6 Å². The summed E-state index contributed by atoms with van der Waals surface area (Å²) in [5.41, 5.74) is 5.95. The first-order valence-corrected chi connectivity index (χ1v) is 12.2. The van der Waals surface area contributed by atoms with Crippen molar-refractivity contribution in [2.24, 2.45) is 0 Å². The zero-order valence-corrected chi connectivity index (χ0v) is 20.9. The molecular formula is C24H25BrN4O2S. The molecule has 2 heterocycles. The first-order chi connectivity index (χ1) is 15.4. The number of hydrogen-bond acceptors (Lipinski definition) is 6. The van der Waals surface area contributed by atoms with Crippen molar-refractivity contribution in [3.8, 4) is 0 Å². The van der Waals surface area contributed by atoms with Crippen molar-refractivity contribution in [2.75, 3.05) is 11.9 Å². The molecule has 0 bridgehead atoms. The van der Waals surface area contributed by atoms with Crippen LogP contribution in [0.1, 0.15) is 42.1 Å². The number of carbonyl (C=O) groups excluding carboxylic acids is 1. The maximum atomic E-state index is 12.9. The summed E-state index contributed by atoms with van der Waals surface area (Å²) < 4.78 is 8.08. The molecule has 3 aromatic rings. The molecule has 1 N–H and O–H groups in total. The monoisotopic (exact) mass is 512 g/mol. The molecule has 0 radical (unpaired) electrons. The normalized spacial score (nSPS) is 15.3. The van der Waals surface area contributed by atoms with E-state index < -0.39 is 6.04 Å². The van der Waals surface area contributed by atoms with Crippen LogP contribution in [-0.2, 0) is 15.3 Å². The summed E-state index contributed by atoms with van der Waals surface area (Å²) >= 11 is 5.12. The molecule has 0 saturated heterocycles. The summed E-state index contributed by atoms with van der Waals surface area (Å²) in [5.74, 6) is 1.03. The van der Waals surface area contributed by atoms with E-state index in [0.717, 1.165) is 21.5 Å². The molecule has 1 atom stereocenters. The summed E-state index contributed by atoms with van der Waals surface area (Å²) in [6.45, 7) is 8.21. The van der Waals surface area contributed by atoms with Crippen LogP contribution in [0.2, 0.25) is 0 Å². The van der Waals surface area contributed by atoms with E-state index in [1.165, 1.54) is 16.7 Å². The molecule has 0 unspecified atom stereocenters. The van der Waals surface area contributed by atoms with E-state index in [0.29, 0.717) is 23.3 Å². The van der Waals surface area contributed by atoms with Crippen LogP contribution in [0.5, 0.6) is 0 Å². The van der Waals surface area contributed by atoms with Crippen molar-refractivity contribution in [3.05, 3.63) is 80.5 Å². The van der Waals surface area contributed by atoms with Gasteiger partial charge in [-0.1, -0.05) is 63.6 Å². The Morgan fingerprint density at radius 3 is 2.75 bits per heavy atom. The Hall–Kier alpha value is -2.58. The molecule has 1 aliphatic heterocycles.